The van der Waals surface area contributed by atoms with Gasteiger partial charge in [0, 0.05) is 11.8 Å². The Kier molecular flexibility index (Phi) is 6.76. The van der Waals surface area contributed by atoms with Crippen LogP contribution in [0.3, 0.4) is 0 Å². The zero-order valence-corrected chi connectivity index (χ0v) is 15.9. The van der Waals surface area contributed by atoms with Crippen molar-refractivity contribution in [2.75, 3.05) is 5.75 Å². The number of hydrogen-bond donors (Lipinski definition) is 3. The number of thiol groups is 1. The lowest BCUT2D eigenvalue weighted by Crippen LogP contribution is -2.50. The van der Waals surface area contributed by atoms with Crippen LogP contribution in [0.2, 0.25) is 0 Å². The molecule has 0 spiro atoms. The fourth-order valence-electron chi connectivity index (χ4n) is 2.93. The van der Waals surface area contributed by atoms with E-state index in [2.05, 4.69) is 40.5 Å². The first-order valence-corrected chi connectivity index (χ1v) is 9.53. The molecule has 1 aliphatic rings. The number of alkyl halides is 1. The van der Waals surface area contributed by atoms with Crippen LogP contribution in [-0.2, 0) is 16.0 Å². The minimum atomic E-state index is -0.725. The van der Waals surface area contributed by atoms with E-state index < -0.39 is 9.39 Å². The molecule has 1 unspecified atom stereocenters. The Bertz CT molecular complexity index is 546. The van der Waals surface area contributed by atoms with Crippen molar-refractivity contribution in [3.8, 4) is 0 Å². The maximum Gasteiger partial charge on any atom is 0.306 e. The number of nitrogens with one attached hydrogen (secondary N) is 1. The standard InChI is InChI=1S/C17H22INO3S/c18-17(11-23,10-12-4-2-1-3-5-12)16(22)19-14-8-6-13(7-9-14)15(20)21/h1-5,13-14,23H,6-11H2,(H,19,22)(H,20,21). The summed E-state index contributed by atoms with van der Waals surface area (Å²) in [6, 6.07) is 10.00. The Balaban J connectivity index is 1.93. The Hall–Kier alpha value is -0.760. The minimum absolute atomic E-state index is 0.00396. The van der Waals surface area contributed by atoms with Gasteiger partial charge in [0.15, 0.2) is 0 Å². The van der Waals surface area contributed by atoms with E-state index in [1.807, 2.05) is 30.3 Å². The number of carboxylic acid groups (broad SMARTS) is 1. The van der Waals surface area contributed by atoms with Crippen molar-refractivity contribution in [2.45, 2.75) is 41.6 Å². The molecule has 0 heterocycles. The van der Waals surface area contributed by atoms with E-state index in [-0.39, 0.29) is 17.9 Å². The van der Waals surface area contributed by atoms with E-state index in [0.717, 1.165) is 18.4 Å². The molecule has 0 saturated heterocycles. The summed E-state index contributed by atoms with van der Waals surface area (Å²) in [7, 11) is 0. The molecule has 2 N–H and O–H groups in total. The molecule has 126 valence electrons. The summed E-state index contributed by atoms with van der Waals surface area (Å²) in [5.41, 5.74) is 1.11. The third kappa shape index (κ3) is 5.11. The smallest absolute Gasteiger partial charge is 0.306 e. The van der Waals surface area contributed by atoms with Gasteiger partial charge in [-0.1, -0.05) is 52.9 Å². The number of carbonyl (C=O) groups is 2. The first-order valence-electron chi connectivity index (χ1n) is 7.82. The van der Waals surface area contributed by atoms with Gasteiger partial charge < -0.3 is 10.4 Å². The lowest BCUT2D eigenvalue weighted by atomic mass is 9.86. The molecule has 23 heavy (non-hydrogen) atoms. The molecule has 6 heteroatoms. The Labute approximate surface area is 156 Å². The number of halogens is 1. The molecule has 0 aromatic heterocycles. The lowest BCUT2D eigenvalue weighted by Gasteiger charge is -2.31. The second kappa shape index (κ2) is 8.37. The van der Waals surface area contributed by atoms with Crippen molar-refractivity contribution in [3.05, 3.63) is 35.9 Å². The number of rotatable bonds is 6. The quantitative estimate of drug-likeness (QED) is 0.357. The maximum atomic E-state index is 12.7. The fraction of sp³-hybridized carbons (Fsp3) is 0.529. The van der Waals surface area contributed by atoms with Crippen LogP contribution in [0.4, 0.5) is 0 Å². The van der Waals surface area contributed by atoms with Gasteiger partial charge in [0.25, 0.3) is 0 Å². The summed E-state index contributed by atoms with van der Waals surface area (Å²) >= 11 is 6.58. The van der Waals surface area contributed by atoms with Gasteiger partial charge in [-0.2, -0.15) is 12.6 Å². The van der Waals surface area contributed by atoms with E-state index >= 15 is 0 Å². The second-order valence-electron chi connectivity index (χ2n) is 6.15. The molecule has 0 radical (unpaired) electrons. The van der Waals surface area contributed by atoms with Crippen LogP contribution in [0.25, 0.3) is 0 Å². The van der Waals surface area contributed by atoms with Crippen LogP contribution in [0.1, 0.15) is 31.2 Å². The van der Waals surface area contributed by atoms with Crippen LogP contribution in [0.5, 0.6) is 0 Å². The van der Waals surface area contributed by atoms with Crippen molar-refractivity contribution in [1.82, 2.24) is 5.32 Å². The number of benzene rings is 1. The highest BCUT2D eigenvalue weighted by molar-refractivity contribution is 14.1. The molecule has 2 rings (SSSR count). The Morgan fingerprint density at radius 1 is 1.22 bits per heavy atom. The number of aliphatic carboxylic acids is 1. The fourth-order valence-corrected chi connectivity index (χ4v) is 3.78. The Morgan fingerprint density at radius 3 is 2.35 bits per heavy atom. The van der Waals surface area contributed by atoms with Crippen molar-refractivity contribution in [1.29, 1.82) is 0 Å². The molecular weight excluding hydrogens is 425 g/mol. The van der Waals surface area contributed by atoms with Crippen molar-refractivity contribution in [2.24, 2.45) is 5.92 Å². The molecule has 1 fully saturated rings. The molecular formula is C17H22INO3S. The molecule has 1 saturated carbocycles. The summed E-state index contributed by atoms with van der Waals surface area (Å²) in [6.45, 7) is 0. The van der Waals surface area contributed by atoms with E-state index in [1.54, 1.807) is 0 Å². The van der Waals surface area contributed by atoms with Crippen molar-refractivity contribution in [3.63, 3.8) is 0 Å². The molecule has 0 aliphatic heterocycles. The summed E-state index contributed by atoms with van der Waals surface area (Å²) in [6.07, 6.45) is 3.36. The largest absolute Gasteiger partial charge is 0.481 e. The number of carboxylic acids is 1. The van der Waals surface area contributed by atoms with Crippen molar-refractivity contribution >= 4 is 47.1 Å². The first kappa shape index (κ1) is 18.6. The van der Waals surface area contributed by atoms with Crippen LogP contribution in [0, 0.1) is 5.92 Å². The molecule has 1 aliphatic carbocycles. The molecule has 0 bridgehead atoms. The molecule has 1 amide bonds. The van der Waals surface area contributed by atoms with Crippen LogP contribution in [-0.4, -0.2) is 32.2 Å². The van der Waals surface area contributed by atoms with Crippen LogP contribution >= 0.6 is 35.2 Å². The molecule has 1 aromatic carbocycles. The summed E-state index contributed by atoms with van der Waals surface area (Å²) in [5.74, 6) is -0.534. The van der Waals surface area contributed by atoms with E-state index in [4.69, 9.17) is 5.11 Å². The van der Waals surface area contributed by atoms with E-state index in [1.165, 1.54) is 0 Å². The number of hydrogen-bond acceptors (Lipinski definition) is 3. The SMILES string of the molecule is O=C(O)C1CCC(NC(=O)C(I)(CS)Cc2ccccc2)CC1. The van der Waals surface area contributed by atoms with Gasteiger partial charge in [0.05, 0.1) is 5.92 Å². The highest BCUT2D eigenvalue weighted by Gasteiger charge is 2.36. The molecule has 1 atom stereocenters. The third-order valence-electron chi connectivity index (χ3n) is 4.40. The van der Waals surface area contributed by atoms with Crippen LogP contribution in [0.15, 0.2) is 30.3 Å². The predicted octanol–water partition coefficient (Wildman–Crippen LogP) is 3.09. The highest BCUT2D eigenvalue weighted by Crippen LogP contribution is 2.29. The predicted molar refractivity (Wildman–Crippen MR) is 102 cm³/mol. The van der Waals surface area contributed by atoms with Gasteiger partial charge in [0.1, 0.15) is 3.42 Å². The molecule has 1 aromatic rings. The number of amides is 1. The Morgan fingerprint density at radius 2 is 1.83 bits per heavy atom. The average Bonchev–Trinajstić information content (AvgIpc) is 2.56. The van der Waals surface area contributed by atoms with Gasteiger partial charge in [-0.3, -0.25) is 9.59 Å². The topological polar surface area (TPSA) is 66.4 Å². The van der Waals surface area contributed by atoms with Crippen molar-refractivity contribution < 1.29 is 14.7 Å². The minimum Gasteiger partial charge on any atom is -0.481 e. The van der Waals surface area contributed by atoms with E-state index in [9.17, 15) is 9.59 Å². The van der Waals surface area contributed by atoms with Gasteiger partial charge in [-0.15, -0.1) is 0 Å². The first-order chi connectivity index (χ1) is 10.9. The zero-order valence-electron chi connectivity index (χ0n) is 12.9. The molecule has 4 nitrogen and oxygen atoms in total. The highest BCUT2D eigenvalue weighted by atomic mass is 127. The summed E-state index contributed by atoms with van der Waals surface area (Å²) < 4.78 is -0.591. The maximum absolute atomic E-state index is 12.7. The van der Waals surface area contributed by atoms with E-state index in [0.29, 0.717) is 25.0 Å². The normalized spacial score (nSPS) is 23.7. The van der Waals surface area contributed by atoms with Gasteiger partial charge in [0.2, 0.25) is 5.91 Å². The summed E-state index contributed by atoms with van der Waals surface area (Å²) in [4.78, 5) is 23.7. The average molecular weight is 447 g/mol. The second-order valence-corrected chi connectivity index (χ2v) is 8.53. The monoisotopic (exact) mass is 447 g/mol. The lowest BCUT2D eigenvalue weighted by molar-refractivity contribution is -0.142. The third-order valence-corrected chi connectivity index (χ3v) is 6.79. The number of carbonyl (C=O) groups excluding carboxylic acids is 1. The summed E-state index contributed by atoms with van der Waals surface area (Å²) in [5, 5.41) is 12.1. The van der Waals surface area contributed by atoms with Gasteiger partial charge >= 0.3 is 5.97 Å². The van der Waals surface area contributed by atoms with Gasteiger partial charge in [-0.05, 0) is 37.7 Å². The van der Waals surface area contributed by atoms with Gasteiger partial charge in [-0.25, -0.2) is 0 Å². The zero-order chi connectivity index (χ0) is 16.9. The van der Waals surface area contributed by atoms with Crippen LogP contribution < -0.4 is 5.32 Å².